The molecule has 2 nitrogen and oxygen atoms in total. The minimum atomic E-state index is -0.599. The summed E-state index contributed by atoms with van der Waals surface area (Å²) < 4.78 is 0. The minimum Gasteiger partial charge on any atom is -0.384 e. The van der Waals surface area contributed by atoms with Crippen molar-refractivity contribution in [2.75, 3.05) is 0 Å². The summed E-state index contributed by atoms with van der Waals surface area (Å²) in [6, 6.07) is 13.8. The Hall–Kier alpha value is -1.67. The normalized spacial score (nSPS) is 12.4. The van der Waals surface area contributed by atoms with E-state index >= 15 is 0 Å². The maximum atomic E-state index is 9.94. The predicted octanol–water partition coefficient (Wildman–Crippen LogP) is 1.96. The summed E-state index contributed by atoms with van der Waals surface area (Å²) in [6.45, 7) is 0. The highest BCUT2D eigenvalue weighted by atomic mass is 16.3. The Morgan fingerprint density at radius 2 is 1.93 bits per heavy atom. The molecule has 1 unspecified atom stereocenters. The third-order valence-corrected chi connectivity index (χ3v) is 2.06. The first-order chi connectivity index (χ1) is 6.88. The first-order valence-corrected chi connectivity index (χ1v) is 4.42. The monoisotopic (exact) mass is 184 g/mol. The van der Waals surface area contributed by atoms with Crippen molar-refractivity contribution in [2.24, 2.45) is 0 Å². The fraction of sp³-hybridized carbons (Fsp3) is 0.0833. The van der Waals surface area contributed by atoms with Crippen LogP contribution in [0.15, 0.2) is 48.8 Å². The smallest absolute Gasteiger partial charge is 0.106 e. The first-order valence-electron chi connectivity index (χ1n) is 4.42. The molecule has 14 heavy (non-hydrogen) atoms. The van der Waals surface area contributed by atoms with E-state index in [9.17, 15) is 5.11 Å². The van der Waals surface area contributed by atoms with Gasteiger partial charge in [0.1, 0.15) is 6.10 Å². The van der Waals surface area contributed by atoms with Crippen LogP contribution < -0.4 is 0 Å². The number of aliphatic hydroxyl groups is 1. The standard InChI is InChI=1S/C12H10NO/c14-12(10-5-2-1-3-6-10)11-7-4-8-13-9-11/h2-9,12,14H. The van der Waals surface area contributed by atoms with Gasteiger partial charge >= 0.3 is 0 Å². The summed E-state index contributed by atoms with van der Waals surface area (Å²) in [5.74, 6) is 0. The number of hydrogen-bond acceptors (Lipinski definition) is 2. The van der Waals surface area contributed by atoms with Crippen LogP contribution in [-0.2, 0) is 0 Å². The molecule has 2 rings (SSSR count). The molecule has 1 aromatic heterocycles. The zero-order chi connectivity index (χ0) is 9.80. The van der Waals surface area contributed by atoms with Crippen molar-refractivity contribution in [1.29, 1.82) is 0 Å². The topological polar surface area (TPSA) is 33.1 Å². The van der Waals surface area contributed by atoms with Gasteiger partial charge in [-0.3, -0.25) is 4.98 Å². The Labute approximate surface area is 82.9 Å². The van der Waals surface area contributed by atoms with Crippen molar-refractivity contribution in [1.82, 2.24) is 4.98 Å². The first kappa shape index (κ1) is 8.91. The molecule has 2 heteroatoms. The second-order valence-corrected chi connectivity index (χ2v) is 3.02. The van der Waals surface area contributed by atoms with Crippen LogP contribution in [0.3, 0.4) is 0 Å². The van der Waals surface area contributed by atoms with Gasteiger partial charge in [0.2, 0.25) is 0 Å². The highest BCUT2D eigenvalue weighted by Gasteiger charge is 2.08. The molecular formula is C12H10NO. The van der Waals surface area contributed by atoms with E-state index in [-0.39, 0.29) is 0 Å². The molecule has 0 saturated carbocycles. The Morgan fingerprint density at radius 3 is 2.57 bits per heavy atom. The third-order valence-electron chi connectivity index (χ3n) is 2.06. The molecule has 0 amide bonds. The summed E-state index contributed by atoms with van der Waals surface area (Å²) in [5, 5.41) is 9.94. The lowest BCUT2D eigenvalue weighted by Crippen LogP contribution is -1.99. The molecule has 0 spiro atoms. The molecule has 1 radical (unpaired) electrons. The van der Waals surface area contributed by atoms with Crippen LogP contribution in [0, 0.1) is 6.07 Å². The van der Waals surface area contributed by atoms with E-state index in [1.807, 2.05) is 24.3 Å². The molecular weight excluding hydrogens is 174 g/mol. The van der Waals surface area contributed by atoms with Crippen LogP contribution >= 0.6 is 0 Å². The molecule has 0 fully saturated rings. The number of nitrogens with zero attached hydrogens (tertiary/aromatic N) is 1. The fourth-order valence-electron chi connectivity index (χ4n) is 1.31. The molecule has 0 saturated heterocycles. The van der Waals surface area contributed by atoms with E-state index in [0.29, 0.717) is 0 Å². The SMILES string of the molecule is OC(c1cc[c]cc1)c1cccnc1. The van der Waals surface area contributed by atoms with Crippen LogP contribution in [0.1, 0.15) is 17.2 Å². The molecule has 0 aliphatic rings. The van der Waals surface area contributed by atoms with Crippen molar-refractivity contribution in [2.45, 2.75) is 6.10 Å². The van der Waals surface area contributed by atoms with Gasteiger partial charge in [-0.15, -0.1) is 0 Å². The van der Waals surface area contributed by atoms with Crippen LogP contribution in [0.2, 0.25) is 0 Å². The predicted molar refractivity (Wildman–Crippen MR) is 53.6 cm³/mol. The molecule has 2 aromatic rings. The minimum absolute atomic E-state index is 0.599. The lowest BCUT2D eigenvalue weighted by Gasteiger charge is -2.09. The number of pyridine rings is 1. The average Bonchev–Trinajstić information content (AvgIpc) is 2.30. The Bertz CT molecular complexity index is 346. The van der Waals surface area contributed by atoms with Gasteiger partial charge in [-0.25, -0.2) is 0 Å². The van der Waals surface area contributed by atoms with Crippen molar-refractivity contribution in [3.8, 4) is 0 Å². The maximum Gasteiger partial charge on any atom is 0.106 e. The Balaban J connectivity index is 2.30. The van der Waals surface area contributed by atoms with Crippen molar-refractivity contribution >= 4 is 0 Å². The third kappa shape index (κ3) is 1.80. The number of aromatic nitrogens is 1. The van der Waals surface area contributed by atoms with Crippen LogP contribution in [0.4, 0.5) is 0 Å². The molecule has 69 valence electrons. The fourth-order valence-corrected chi connectivity index (χ4v) is 1.31. The van der Waals surface area contributed by atoms with Gasteiger partial charge in [-0.1, -0.05) is 30.3 Å². The summed E-state index contributed by atoms with van der Waals surface area (Å²) in [6.07, 6.45) is 2.76. The largest absolute Gasteiger partial charge is 0.384 e. The molecule has 1 aromatic carbocycles. The Kier molecular flexibility index (Phi) is 2.56. The van der Waals surface area contributed by atoms with Crippen LogP contribution in [0.5, 0.6) is 0 Å². The molecule has 1 heterocycles. The molecule has 0 aliphatic carbocycles. The second kappa shape index (κ2) is 4.03. The lowest BCUT2D eigenvalue weighted by molar-refractivity contribution is 0.220. The van der Waals surface area contributed by atoms with E-state index in [4.69, 9.17) is 0 Å². The van der Waals surface area contributed by atoms with Gasteiger partial charge < -0.3 is 5.11 Å². The van der Waals surface area contributed by atoms with E-state index < -0.39 is 6.10 Å². The van der Waals surface area contributed by atoms with Crippen LogP contribution in [-0.4, -0.2) is 10.1 Å². The number of rotatable bonds is 2. The zero-order valence-electron chi connectivity index (χ0n) is 7.59. The average molecular weight is 184 g/mol. The number of hydrogen-bond donors (Lipinski definition) is 1. The summed E-state index contributed by atoms with van der Waals surface area (Å²) in [4.78, 5) is 3.96. The van der Waals surface area contributed by atoms with Gasteiger partial charge in [-0.05, 0) is 17.7 Å². The van der Waals surface area contributed by atoms with Gasteiger partial charge in [0, 0.05) is 18.0 Å². The molecule has 0 bridgehead atoms. The number of aliphatic hydroxyl groups excluding tert-OH is 1. The molecule has 1 N–H and O–H groups in total. The second-order valence-electron chi connectivity index (χ2n) is 3.02. The summed E-state index contributed by atoms with van der Waals surface area (Å²) >= 11 is 0. The van der Waals surface area contributed by atoms with E-state index in [2.05, 4.69) is 11.1 Å². The van der Waals surface area contributed by atoms with Crippen molar-refractivity contribution in [3.63, 3.8) is 0 Å². The lowest BCUT2D eigenvalue weighted by atomic mass is 10.0. The summed E-state index contributed by atoms with van der Waals surface area (Å²) in [7, 11) is 0. The van der Waals surface area contributed by atoms with Crippen molar-refractivity contribution < 1.29 is 5.11 Å². The number of benzene rings is 1. The van der Waals surface area contributed by atoms with E-state index in [1.54, 1.807) is 24.5 Å². The highest BCUT2D eigenvalue weighted by molar-refractivity contribution is 5.27. The van der Waals surface area contributed by atoms with Crippen molar-refractivity contribution in [3.05, 3.63) is 66.0 Å². The quantitative estimate of drug-likeness (QED) is 0.774. The van der Waals surface area contributed by atoms with Gasteiger partial charge in [0.15, 0.2) is 0 Å². The molecule has 0 aliphatic heterocycles. The van der Waals surface area contributed by atoms with E-state index in [0.717, 1.165) is 11.1 Å². The molecule has 1 atom stereocenters. The zero-order valence-corrected chi connectivity index (χ0v) is 7.59. The summed E-state index contributed by atoms with van der Waals surface area (Å²) in [5.41, 5.74) is 1.66. The van der Waals surface area contributed by atoms with Gasteiger partial charge in [0.05, 0.1) is 0 Å². The van der Waals surface area contributed by atoms with Gasteiger partial charge in [-0.2, -0.15) is 0 Å². The van der Waals surface area contributed by atoms with E-state index in [1.165, 1.54) is 0 Å². The Morgan fingerprint density at radius 1 is 1.14 bits per heavy atom. The van der Waals surface area contributed by atoms with Gasteiger partial charge in [0.25, 0.3) is 0 Å². The highest BCUT2D eigenvalue weighted by Crippen LogP contribution is 2.19. The maximum absolute atomic E-state index is 9.94. The van der Waals surface area contributed by atoms with Crippen LogP contribution in [0.25, 0.3) is 0 Å².